The topological polar surface area (TPSA) is 93.4 Å². The normalized spacial score (nSPS) is 15.3. The molecule has 4 rings (SSSR count). The van der Waals surface area contributed by atoms with Gasteiger partial charge in [0.05, 0.1) is 0 Å². The number of nitrogens with zero attached hydrogens (tertiary/aromatic N) is 7. The molecule has 27 heavy (non-hydrogen) atoms. The summed E-state index contributed by atoms with van der Waals surface area (Å²) in [6, 6.07) is 4.00. The summed E-state index contributed by atoms with van der Waals surface area (Å²) < 4.78 is 11.2. The van der Waals surface area contributed by atoms with Crippen LogP contribution in [-0.4, -0.2) is 55.9 Å². The monoisotopic (exact) mass is 388 g/mol. The molecule has 1 aliphatic rings. The Bertz CT molecular complexity index is 925. The zero-order chi connectivity index (χ0) is 19.0. The van der Waals surface area contributed by atoms with Gasteiger partial charge in [0.1, 0.15) is 12.4 Å². The van der Waals surface area contributed by atoms with Crippen LogP contribution in [0.3, 0.4) is 0 Å². The van der Waals surface area contributed by atoms with Crippen LogP contribution in [-0.2, 0) is 16.8 Å². The van der Waals surface area contributed by atoms with Gasteiger partial charge in [-0.15, -0.1) is 15.3 Å². The van der Waals surface area contributed by atoms with Gasteiger partial charge in [-0.1, -0.05) is 20.8 Å². The van der Waals surface area contributed by atoms with Crippen LogP contribution in [0.15, 0.2) is 12.1 Å². The van der Waals surface area contributed by atoms with E-state index in [1.54, 1.807) is 7.11 Å². The van der Waals surface area contributed by atoms with Crippen LogP contribution in [0.25, 0.3) is 5.65 Å². The minimum Gasteiger partial charge on any atom is -0.377 e. The van der Waals surface area contributed by atoms with Gasteiger partial charge in [-0.05, 0) is 12.1 Å². The second-order valence-electron chi connectivity index (χ2n) is 7.84. The third-order valence-electron chi connectivity index (χ3n) is 4.48. The molecule has 10 heteroatoms. The van der Waals surface area contributed by atoms with Gasteiger partial charge in [-0.2, -0.15) is 8.89 Å². The van der Waals surface area contributed by atoms with Crippen molar-refractivity contribution in [2.75, 3.05) is 37.0 Å². The van der Waals surface area contributed by atoms with Crippen LogP contribution in [0.5, 0.6) is 0 Å². The van der Waals surface area contributed by atoms with E-state index in [2.05, 4.69) is 50.5 Å². The predicted octanol–water partition coefficient (Wildman–Crippen LogP) is 1.97. The quantitative estimate of drug-likeness (QED) is 0.685. The molecule has 0 radical (unpaired) electrons. The van der Waals surface area contributed by atoms with Gasteiger partial charge in [0.15, 0.2) is 17.3 Å². The molecule has 0 aliphatic carbocycles. The highest BCUT2D eigenvalue weighted by Crippen LogP contribution is 2.25. The van der Waals surface area contributed by atoms with Gasteiger partial charge in [-0.25, -0.2) is 4.98 Å². The van der Waals surface area contributed by atoms with Crippen molar-refractivity contribution in [1.29, 1.82) is 0 Å². The van der Waals surface area contributed by atoms with Gasteiger partial charge in [-0.3, -0.25) is 0 Å². The van der Waals surface area contributed by atoms with Crippen LogP contribution in [0.1, 0.15) is 32.4 Å². The van der Waals surface area contributed by atoms with Gasteiger partial charge in [0.2, 0.25) is 5.13 Å². The van der Waals surface area contributed by atoms with Crippen molar-refractivity contribution >= 4 is 28.1 Å². The van der Waals surface area contributed by atoms with Crippen LogP contribution in [0, 0.1) is 5.92 Å². The fourth-order valence-electron chi connectivity index (χ4n) is 3.05. The minimum absolute atomic E-state index is 0.101. The molecule has 1 fully saturated rings. The molecular weight excluding hydrogens is 364 g/mol. The summed E-state index contributed by atoms with van der Waals surface area (Å²) in [6.07, 6.45) is 0. The Balaban J connectivity index is 1.36. The SMILES string of the molecule is COCc1nsc(NCC2CN(c3ccc4nnc(C(C)(C)C)n4n3)C2)n1. The predicted molar refractivity (Wildman–Crippen MR) is 104 cm³/mol. The van der Waals surface area contributed by atoms with E-state index < -0.39 is 0 Å². The average molecular weight is 389 g/mol. The summed E-state index contributed by atoms with van der Waals surface area (Å²) in [5.41, 5.74) is 0.682. The maximum atomic E-state index is 5.05. The third kappa shape index (κ3) is 3.72. The summed E-state index contributed by atoms with van der Waals surface area (Å²) in [6.45, 7) is 9.60. The second-order valence-corrected chi connectivity index (χ2v) is 8.59. The summed E-state index contributed by atoms with van der Waals surface area (Å²) in [5.74, 6) is 3.12. The van der Waals surface area contributed by atoms with Crippen molar-refractivity contribution in [3.05, 3.63) is 23.8 Å². The molecule has 0 amide bonds. The van der Waals surface area contributed by atoms with Crippen LogP contribution in [0.2, 0.25) is 0 Å². The van der Waals surface area contributed by atoms with E-state index in [1.165, 1.54) is 11.5 Å². The van der Waals surface area contributed by atoms with Crippen molar-refractivity contribution in [2.24, 2.45) is 5.92 Å². The highest BCUT2D eigenvalue weighted by molar-refractivity contribution is 7.09. The zero-order valence-corrected chi connectivity index (χ0v) is 16.8. The Morgan fingerprint density at radius 3 is 2.81 bits per heavy atom. The third-order valence-corrected chi connectivity index (χ3v) is 5.19. The van der Waals surface area contributed by atoms with E-state index in [1.807, 2.05) is 16.6 Å². The zero-order valence-electron chi connectivity index (χ0n) is 16.0. The smallest absolute Gasteiger partial charge is 0.202 e. The number of rotatable bonds is 6. The molecule has 1 N–H and O–H groups in total. The fourth-order valence-corrected chi connectivity index (χ4v) is 3.63. The lowest BCUT2D eigenvalue weighted by Gasteiger charge is -2.40. The molecule has 1 saturated heterocycles. The molecule has 9 nitrogen and oxygen atoms in total. The molecule has 0 unspecified atom stereocenters. The number of hydrogen-bond donors (Lipinski definition) is 1. The van der Waals surface area contributed by atoms with E-state index in [9.17, 15) is 0 Å². The van der Waals surface area contributed by atoms with E-state index in [0.29, 0.717) is 12.5 Å². The number of aromatic nitrogens is 6. The number of methoxy groups -OCH3 is 1. The van der Waals surface area contributed by atoms with E-state index >= 15 is 0 Å². The van der Waals surface area contributed by atoms with Gasteiger partial charge >= 0.3 is 0 Å². The molecule has 0 aromatic carbocycles. The molecule has 1 aliphatic heterocycles. The molecule has 3 aromatic rings. The lowest BCUT2D eigenvalue weighted by molar-refractivity contribution is 0.179. The van der Waals surface area contributed by atoms with Gasteiger partial charge in [0, 0.05) is 49.6 Å². The van der Waals surface area contributed by atoms with Crippen LogP contribution in [0.4, 0.5) is 10.9 Å². The first-order valence-electron chi connectivity index (χ1n) is 8.97. The molecule has 4 heterocycles. The molecule has 0 bridgehead atoms. The Labute approximate surface area is 161 Å². The molecular formula is C17H24N8OS. The van der Waals surface area contributed by atoms with E-state index in [4.69, 9.17) is 9.84 Å². The lowest BCUT2D eigenvalue weighted by Crippen LogP contribution is -2.50. The number of anilines is 2. The molecule has 0 spiro atoms. The molecule has 144 valence electrons. The highest BCUT2D eigenvalue weighted by atomic mass is 32.1. The van der Waals surface area contributed by atoms with Gasteiger partial charge < -0.3 is 15.0 Å². The number of hydrogen-bond acceptors (Lipinski definition) is 9. The first-order valence-corrected chi connectivity index (χ1v) is 9.74. The van der Waals surface area contributed by atoms with Crippen molar-refractivity contribution in [2.45, 2.75) is 32.8 Å². The molecule has 0 atom stereocenters. The Morgan fingerprint density at radius 2 is 2.07 bits per heavy atom. The van der Waals surface area contributed by atoms with Crippen LogP contribution < -0.4 is 10.2 Å². The first kappa shape index (κ1) is 18.1. The van der Waals surface area contributed by atoms with Gasteiger partial charge in [0.25, 0.3) is 0 Å². The molecule has 0 saturated carbocycles. The maximum absolute atomic E-state index is 5.05. The summed E-state index contributed by atoms with van der Waals surface area (Å²) in [4.78, 5) is 6.67. The Morgan fingerprint density at radius 1 is 1.26 bits per heavy atom. The van der Waals surface area contributed by atoms with Crippen molar-refractivity contribution in [3.8, 4) is 0 Å². The van der Waals surface area contributed by atoms with E-state index in [0.717, 1.165) is 47.9 Å². The minimum atomic E-state index is -0.101. The summed E-state index contributed by atoms with van der Waals surface area (Å²) >= 11 is 1.37. The Hall–Kier alpha value is -2.33. The highest BCUT2D eigenvalue weighted by Gasteiger charge is 2.29. The van der Waals surface area contributed by atoms with Crippen molar-refractivity contribution in [1.82, 2.24) is 29.2 Å². The summed E-state index contributed by atoms with van der Waals surface area (Å²) in [5, 5.41) is 17.5. The number of fused-ring (bicyclic) bond motifs is 1. The Kier molecular flexibility index (Phi) is 4.68. The first-order chi connectivity index (χ1) is 12.9. The second kappa shape index (κ2) is 7.01. The van der Waals surface area contributed by atoms with E-state index in [-0.39, 0.29) is 5.41 Å². The number of nitrogens with one attached hydrogen (secondary N) is 1. The largest absolute Gasteiger partial charge is 0.377 e. The number of ether oxygens (including phenoxy) is 1. The lowest BCUT2D eigenvalue weighted by atomic mass is 9.96. The fraction of sp³-hybridized carbons (Fsp3) is 0.588. The van der Waals surface area contributed by atoms with Crippen molar-refractivity contribution in [3.63, 3.8) is 0 Å². The summed E-state index contributed by atoms with van der Waals surface area (Å²) in [7, 11) is 1.65. The van der Waals surface area contributed by atoms with Crippen molar-refractivity contribution < 1.29 is 4.74 Å². The molecule has 3 aromatic heterocycles. The van der Waals surface area contributed by atoms with Crippen LogP contribution >= 0.6 is 11.5 Å². The maximum Gasteiger partial charge on any atom is 0.202 e. The average Bonchev–Trinajstić information content (AvgIpc) is 3.19. The standard InChI is InChI=1S/C17H24N8OS/c1-17(2,3)15-21-20-13-5-6-14(22-25(13)15)24-8-11(9-24)7-18-16-19-12(10-26-4)23-27-16/h5-6,11H,7-10H2,1-4H3,(H,18,19,23).